The molecule has 0 aromatic heterocycles. The maximum atomic E-state index is 12.1. The molecule has 0 spiro atoms. The van der Waals surface area contributed by atoms with Crippen LogP contribution in [0.1, 0.15) is 489 Å². The van der Waals surface area contributed by atoms with Gasteiger partial charge in [0.25, 0.3) is 0 Å². The lowest BCUT2D eigenvalue weighted by atomic mass is 10.0. The highest BCUT2D eigenvalue weighted by atomic mass is 16.6. The first-order chi connectivity index (χ1) is 43.7. The second-order valence-electron chi connectivity index (χ2n) is 28.6. The Bertz CT molecular complexity index is 1170. The first-order valence-corrected chi connectivity index (χ1v) is 41.5. The molecule has 0 aliphatic heterocycles. The van der Waals surface area contributed by atoms with Crippen LogP contribution in [0.2, 0.25) is 0 Å². The summed E-state index contributed by atoms with van der Waals surface area (Å²) in [5.41, 5.74) is 0. The van der Waals surface area contributed by atoms with Gasteiger partial charge in [0, 0.05) is 13.1 Å². The van der Waals surface area contributed by atoms with E-state index in [9.17, 15) is 9.59 Å². The van der Waals surface area contributed by atoms with Crippen LogP contribution in [-0.2, 0) is 9.47 Å². The van der Waals surface area contributed by atoms with Crippen molar-refractivity contribution < 1.29 is 19.1 Å². The van der Waals surface area contributed by atoms with Crippen molar-refractivity contribution in [2.45, 2.75) is 489 Å². The molecule has 88 heavy (non-hydrogen) atoms. The van der Waals surface area contributed by atoms with Gasteiger partial charge in [-0.2, -0.15) is 0 Å². The molecule has 0 bridgehead atoms. The van der Waals surface area contributed by atoms with Crippen molar-refractivity contribution >= 4 is 12.2 Å². The fourth-order valence-corrected chi connectivity index (χ4v) is 13.4. The van der Waals surface area contributed by atoms with Gasteiger partial charge in [-0.05, 0) is 25.7 Å². The van der Waals surface area contributed by atoms with Crippen molar-refractivity contribution in [1.82, 2.24) is 10.6 Å². The van der Waals surface area contributed by atoms with E-state index in [0.29, 0.717) is 26.3 Å². The molecule has 0 aliphatic carbocycles. The van der Waals surface area contributed by atoms with E-state index in [2.05, 4.69) is 24.5 Å². The van der Waals surface area contributed by atoms with Crippen LogP contribution in [0, 0.1) is 0 Å². The highest BCUT2D eigenvalue weighted by molar-refractivity contribution is 5.67. The normalized spacial score (nSPS) is 11.5. The van der Waals surface area contributed by atoms with Crippen LogP contribution in [0.5, 0.6) is 0 Å². The van der Waals surface area contributed by atoms with Gasteiger partial charge in [-0.1, -0.05) is 463 Å². The molecule has 0 aromatic rings. The van der Waals surface area contributed by atoms with Crippen LogP contribution in [0.25, 0.3) is 0 Å². The van der Waals surface area contributed by atoms with Gasteiger partial charge in [-0.25, -0.2) is 9.59 Å². The number of ether oxygens (including phenoxy) is 2. The van der Waals surface area contributed by atoms with Gasteiger partial charge >= 0.3 is 12.2 Å². The Morgan fingerprint density at radius 2 is 0.284 bits per heavy atom. The summed E-state index contributed by atoms with van der Waals surface area (Å²) in [6.45, 7) is 6.95. The molecule has 0 rings (SSSR count). The van der Waals surface area contributed by atoms with E-state index >= 15 is 0 Å². The number of rotatable bonds is 79. The Labute approximate surface area is 554 Å². The number of carbonyl (C=O) groups is 2. The standard InChI is InChI=1S/C82H164N2O4/c1-3-5-7-9-11-13-15-17-19-21-23-25-27-29-31-33-35-37-39-41-43-45-47-49-51-53-55-57-59-61-63-65-67-71-75-79-87-81(85)83-77-73-69-70-74-78-84-82(86)88-80-76-72-68-66-64-62-60-58-56-54-52-50-48-46-44-42-40-38-36-34-32-30-28-26-24-22-20-18-16-14-12-10-8-6-4-2/h3-80H2,1-2H3,(H,83,85)(H,84,86). The molecule has 0 radical (unpaired) electrons. The summed E-state index contributed by atoms with van der Waals surface area (Å²) in [5, 5.41) is 5.79. The average molecular weight is 1240 g/mol. The maximum absolute atomic E-state index is 12.1. The third-order valence-electron chi connectivity index (χ3n) is 19.6. The predicted octanol–water partition coefficient (Wildman–Crippen LogP) is 29.3. The summed E-state index contributed by atoms with van der Waals surface area (Å²) < 4.78 is 10.8. The summed E-state index contributed by atoms with van der Waals surface area (Å²) in [6.07, 6.45) is 103. The van der Waals surface area contributed by atoms with Gasteiger partial charge in [0.2, 0.25) is 0 Å². The molecule has 6 nitrogen and oxygen atoms in total. The summed E-state index contributed by atoms with van der Waals surface area (Å²) in [4.78, 5) is 24.1. The monoisotopic (exact) mass is 1240 g/mol. The van der Waals surface area contributed by atoms with Crippen LogP contribution >= 0.6 is 0 Å². The third kappa shape index (κ3) is 80.6. The van der Waals surface area contributed by atoms with E-state index in [4.69, 9.17) is 9.47 Å². The van der Waals surface area contributed by atoms with Gasteiger partial charge in [0.15, 0.2) is 0 Å². The highest BCUT2D eigenvalue weighted by Crippen LogP contribution is 2.21. The molecule has 2 N–H and O–H groups in total. The largest absolute Gasteiger partial charge is 0.450 e. The van der Waals surface area contributed by atoms with Crippen molar-refractivity contribution in [3.05, 3.63) is 0 Å². The molecule has 0 heterocycles. The number of alkyl carbamates (subject to hydrolysis) is 2. The molecule has 0 aromatic carbocycles. The lowest BCUT2D eigenvalue weighted by molar-refractivity contribution is 0.142. The van der Waals surface area contributed by atoms with Crippen LogP contribution in [0.3, 0.4) is 0 Å². The van der Waals surface area contributed by atoms with Gasteiger partial charge in [0.05, 0.1) is 13.2 Å². The zero-order valence-electron chi connectivity index (χ0n) is 60.8. The average Bonchev–Trinajstić information content (AvgIpc) is 3.53. The maximum Gasteiger partial charge on any atom is 0.407 e. The van der Waals surface area contributed by atoms with Crippen molar-refractivity contribution in [1.29, 1.82) is 0 Å². The molecule has 0 aliphatic rings. The molecule has 0 atom stereocenters. The molecule has 0 saturated heterocycles. The van der Waals surface area contributed by atoms with Crippen LogP contribution in [-0.4, -0.2) is 38.5 Å². The van der Waals surface area contributed by atoms with Gasteiger partial charge < -0.3 is 20.1 Å². The Hall–Kier alpha value is -1.46. The van der Waals surface area contributed by atoms with Gasteiger partial charge in [-0.15, -0.1) is 0 Å². The third-order valence-corrected chi connectivity index (χ3v) is 19.6. The first-order valence-electron chi connectivity index (χ1n) is 41.5. The van der Waals surface area contributed by atoms with E-state index in [-0.39, 0.29) is 12.2 Å². The Balaban J connectivity index is 3.20. The van der Waals surface area contributed by atoms with Crippen LogP contribution in [0.15, 0.2) is 0 Å². The zero-order valence-corrected chi connectivity index (χ0v) is 60.8. The summed E-state index contributed by atoms with van der Waals surface area (Å²) in [6, 6.07) is 0. The fourth-order valence-electron chi connectivity index (χ4n) is 13.4. The molecule has 526 valence electrons. The molecule has 2 amide bonds. The lowest BCUT2D eigenvalue weighted by Crippen LogP contribution is -2.26. The van der Waals surface area contributed by atoms with Crippen molar-refractivity contribution in [2.75, 3.05) is 26.3 Å². The van der Waals surface area contributed by atoms with E-state index in [1.807, 2.05) is 0 Å². The van der Waals surface area contributed by atoms with E-state index in [1.54, 1.807) is 0 Å². The predicted molar refractivity (Wildman–Crippen MR) is 392 cm³/mol. The molecule has 0 unspecified atom stereocenters. The van der Waals surface area contributed by atoms with Gasteiger partial charge in [-0.3, -0.25) is 0 Å². The Kier molecular flexibility index (Phi) is 80.3. The lowest BCUT2D eigenvalue weighted by Gasteiger charge is -2.08. The summed E-state index contributed by atoms with van der Waals surface area (Å²) in [5.74, 6) is 0. The summed E-state index contributed by atoms with van der Waals surface area (Å²) in [7, 11) is 0. The highest BCUT2D eigenvalue weighted by Gasteiger charge is 2.05. The molecular formula is C82H164N2O4. The van der Waals surface area contributed by atoms with E-state index < -0.39 is 0 Å². The summed E-state index contributed by atoms with van der Waals surface area (Å²) >= 11 is 0. The van der Waals surface area contributed by atoms with Gasteiger partial charge in [0.1, 0.15) is 0 Å². The minimum Gasteiger partial charge on any atom is -0.450 e. The molecular weight excluding hydrogens is 1080 g/mol. The first kappa shape index (κ1) is 86.5. The Morgan fingerprint density at radius 3 is 0.420 bits per heavy atom. The van der Waals surface area contributed by atoms with Crippen LogP contribution in [0.4, 0.5) is 9.59 Å². The minimum atomic E-state index is -0.285. The number of nitrogens with one attached hydrogen (secondary N) is 2. The van der Waals surface area contributed by atoms with E-state index in [0.717, 1.165) is 51.4 Å². The molecule has 6 heteroatoms. The zero-order chi connectivity index (χ0) is 63.1. The van der Waals surface area contributed by atoms with Crippen molar-refractivity contribution in [3.8, 4) is 0 Å². The number of unbranched alkanes of at least 4 members (excludes halogenated alkanes) is 71. The Morgan fingerprint density at radius 1 is 0.170 bits per heavy atom. The molecule has 0 saturated carbocycles. The number of hydrogen-bond acceptors (Lipinski definition) is 4. The minimum absolute atomic E-state index is 0.285. The fraction of sp³-hybridized carbons (Fsp3) is 0.976. The number of hydrogen-bond donors (Lipinski definition) is 2. The molecule has 0 fully saturated rings. The van der Waals surface area contributed by atoms with Crippen molar-refractivity contribution in [2.24, 2.45) is 0 Å². The van der Waals surface area contributed by atoms with E-state index in [1.165, 1.54) is 424 Å². The number of amides is 2. The topological polar surface area (TPSA) is 76.7 Å². The number of carbonyl (C=O) groups excluding carboxylic acids is 2. The quantitative estimate of drug-likeness (QED) is 0.0595. The SMILES string of the molecule is CCCCCCCCCCCCCCCCCCCCCCCCCCCCCCCCCCCCCOC(=O)NCCCCCCNC(=O)OCCCCCCCCCCCCCCCCCCCCCCCCCCCCCCCCCCCCC. The second-order valence-corrected chi connectivity index (χ2v) is 28.6. The second kappa shape index (κ2) is 81.6. The van der Waals surface area contributed by atoms with Crippen molar-refractivity contribution in [3.63, 3.8) is 0 Å². The smallest absolute Gasteiger partial charge is 0.407 e. The van der Waals surface area contributed by atoms with Crippen LogP contribution < -0.4 is 10.6 Å².